The lowest BCUT2D eigenvalue weighted by molar-refractivity contribution is 0.484. The number of rotatable bonds is 6. The number of hydrogen-bond donors (Lipinski definition) is 1. The van der Waals surface area contributed by atoms with E-state index >= 15 is 0 Å². The Morgan fingerprint density at radius 1 is 1.00 bits per heavy atom. The maximum atomic E-state index is 11.5. The number of hydrogen-bond acceptors (Lipinski definition) is 2. The third kappa shape index (κ3) is 3.83. The largest absolute Gasteiger partial charge is 0.295 e. The molecule has 114 valence electrons. The minimum atomic E-state index is -4.19. The number of fused-ring (bicyclic) bond motifs is 1. The van der Waals surface area contributed by atoms with Gasteiger partial charge in [0, 0.05) is 5.39 Å². The quantitative estimate of drug-likeness (QED) is 0.630. The van der Waals surface area contributed by atoms with E-state index in [1.165, 1.54) is 25.3 Å². The fraction of sp³-hybridized carbons (Fsp3) is 0.412. The van der Waals surface area contributed by atoms with Crippen LogP contribution >= 0.6 is 0 Å². The molecule has 2 aromatic carbocycles. The first-order valence-corrected chi connectivity index (χ1v) is 8.87. The van der Waals surface area contributed by atoms with Gasteiger partial charge < -0.3 is 0 Å². The van der Waals surface area contributed by atoms with E-state index < -0.39 is 10.1 Å². The summed E-state index contributed by atoms with van der Waals surface area (Å²) in [5.74, 6) is 0. The standard InChI is InChI=1S/C17H22O3S/c1-3-4-5-6-7-14-9-10-15-13(2)8-11-17(16(15)12-14)21(18,19)20/h8-12H,3-7H2,1-2H3,(H,18,19,20). The zero-order chi connectivity index (χ0) is 15.5. The molecule has 0 spiro atoms. The molecule has 0 unspecified atom stereocenters. The molecule has 0 fully saturated rings. The molecular formula is C17H22O3S. The van der Waals surface area contributed by atoms with Crippen LogP contribution in [0.15, 0.2) is 35.2 Å². The topological polar surface area (TPSA) is 54.4 Å². The van der Waals surface area contributed by atoms with Crippen LogP contribution in [0.1, 0.15) is 43.7 Å². The van der Waals surface area contributed by atoms with Crippen molar-refractivity contribution in [1.29, 1.82) is 0 Å². The van der Waals surface area contributed by atoms with Crippen LogP contribution in [0, 0.1) is 6.92 Å². The monoisotopic (exact) mass is 306 g/mol. The van der Waals surface area contributed by atoms with Crippen LogP contribution in [0.5, 0.6) is 0 Å². The molecule has 4 heteroatoms. The molecule has 0 saturated carbocycles. The van der Waals surface area contributed by atoms with E-state index in [9.17, 15) is 13.0 Å². The average molecular weight is 306 g/mol. The molecule has 0 aliphatic heterocycles. The zero-order valence-corrected chi connectivity index (χ0v) is 13.4. The van der Waals surface area contributed by atoms with Crippen LogP contribution in [0.25, 0.3) is 10.8 Å². The summed E-state index contributed by atoms with van der Waals surface area (Å²) in [7, 11) is -4.19. The molecule has 2 rings (SSSR count). The highest BCUT2D eigenvalue weighted by Gasteiger charge is 2.15. The lowest BCUT2D eigenvalue weighted by Gasteiger charge is -2.09. The van der Waals surface area contributed by atoms with Gasteiger partial charge in [0.2, 0.25) is 0 Å². The van der Waals surface area contributed by atoms with Crippen molar-refractivity contribution >= 4 is 20.9 Å². The van der Waals surface area contributed by atoms with E-state index in [0.717, 1.165) is 29.4 Å². The molecule has 0 amide bonds. The minimum absolute atomic E-state index is 0.00138. The van der Waals surface area contributed by atoms with Crippen LogP contribution in [0.3, 0.4) is 0 Å². The summed E-state index contributed by atoms with van der Waals surface area (Å²) < 4.78 is 32.4. The Hall–Kier alpha value is -1.39. The van der Waals surface area contributed by atoms with Crippen LogP contribution in [0.4, 0.5) is 0 Å². The molecular weight excluding hydrogens is 284 g/mol. The summed E-state index contributed by atoms with van der Waals surface area (Å²) in [6.07, 6.45) is 5.65. The molecule has 0 bridgehead atoms. The fourth-order valence-electron chi connectivity index (χ4n) is 2.66. The van der Waals surface area contributed by atoms with Crippen molar-refractivity contribution in [2.75, 3.05) is 0 Å². The fourth-order valence-corrected chi connectivity index (χ4v) is 3.34. The van der Waals surface area contributed by atoms with E-state index in [1.807, 2.05) is 19.1 Å². The molecule has 0 saturated heterocycles. The Morgan fingerprint density at radius 3 is 2.43 bits per heavy atom. The summed E-state index contributed by atoms with van der Waals surface area (Å²) >= 11 is 0. The normalized spacial score (nSPS) is 12.0. The van der Waals surface area contributed by atoms with Crippen molar-refractivity contribution in [1.82, 2.24) is 0 Å². The Bertz CT molecular complexity index is 733. The van der Waals surface area contributed by atoms with Crippen molar-refractivity contribution in [2.24, 2.45) is 0 Å². The van der Waals surface area contributed by atoms with Crippen molar-refractivity contribution in [3.05, 3.63) is 41.5 Å². The van der Waals surface area contributed by atoms with Gasteiger partial charge in [-0.05, 0) is 48.4 Å². The third-order valence-corrected chi connectivity index (χ3v) is 4.77. The molecule has 0 radical (unpaired) electrons. The Balaban J connectivity index is 2.40. The Morgan fingerprint density at radius 2 is 1.76 bits per heavy atom. The van der Waals surface area contributed by atoms with Gasteiger partial charge in [-0.3, -0.25) is 4.55 Å². The Kier molecular flexibility index (Phi) is 5.01. The maximum Gasteiger partial charge on any atom is 0.295 e. The minimum Gasteiger partial charge on any atom is -0.282 e. The van der Waals surface area contributed by atoms with Crippen molar-refractivity contribution in [2.45, 2.75) is 50.8 Å². The van der Waals surface area contributed by atoms with Crippen LogP contribution in [-0.4, -0.2) is 13.0 Å². The highest BCUT2D eigenvalue weighted by atomic mass is 32.2. The lowest BCUT2D eigenvalue weighted by atomic mass is 10.00. The van der Waals surface area contributed by atoms with Crippen LogP contribution in [-0.2, 0) is 16.5 Å². The smallest absolute Gasteiger partial charge is 0.282 e. The van der Waals surface area contributed by atoms with Crippen molar-refractivity contribution < 1.29 is 13.0 Å². The summed E-state index contributed by atoms with van der Waals surface area (Å²) in [5, 5.41) is 1.49. The molecule has 1 N–H and O–H groups in total. The van der Waals surface area contributed by atoms with Crippen LogP contribution in [0.2, 0.25) is 0 Å². The zero-order valence-electron chi connectivity index (χ0n) is 12.6. The van der Waals surface area contributed by atoms with Crippen LogP contribution < -0.4 is 0 Å². The third-order valence-electron chi connectivity index (χ3n) is 3.86. The predicted molar refractivity (Wildman–Crippen MR) is 86.3 cm³/mol. The van der Waals surface area contributed by atoms with Gasteiger partial charge in [0.05, 0.1) is 0 Å². The van der Waals surface area contributed by atoms with Gasteiger partial charge in [-0.2, -0.15) is 8.42 Å². The maximum absolute atomic E-state index is 11.5. The predicted octanol–water partition coefficient (Wildman–Crippen LogP) is 4.52. The summed E-state index contributed by atoms with van der Waals surface area (Å²) in [6, 6.07) is 9.11. The summed E-state index contributed by atoms with van der Waals surface area (Å²) in [4.78, 5) is -0.00138. The highest BCUT2D eigenvalue weighted by molar-refractivity contribution is 7.86. The van der Waals surface area contributed by atoms with E-state index in [4.69, 9.17) is 0 Å². The van der Waals surface area contributed by atoms with Crippen molar-refractivity contribution in [3.63, 3.8) is 0 Å². The molecule has 0 atom stereocenters. The first-order valence-electron chi connectivity index (χ1n) is 7.43. The van der Waals surface area contributed by atoms with Gasteiger partial charge in [-0.15, -0.1) is 0 Å². The number of benzene rings is 2. The molecule has 0 heterocycles. The second-order valence-corrected chi connectivity index (χ2v) is 6.94. The molecule has 0 aromatic heterocycles. The number of unbranched alkanes of at least 4 members (excludes halogenated alkanes) is 3. The molecule has 0 aliphatic carbocycles. The second-order valence-electron chi connectivity index (χ2n) is 5.55. The second kappa shape index (κ2) is 6.58. The highest BCUT2D eigenvalue weighted by Crippen LogP contribution is 2.27. The SMILES string of the molecule is CCCCCCc1ccc2c(C)ccc(S(=O)(=O)O)c2c1. The van der Waals surface area contributed by atoms with Gasteiger partial charge in [0.15, 0.2) is 0 Å². The van der Waals surface area contributed by atoms with E-state index in [2.05, 4.69) is 13.0 Å². The van der Waals surface area contributed by atoms with Gasteiger partial charge in [0.25, 0.3) is 10.1 Å². The van der Waals surface area contributed by atoms with Gasteiger partial charge in [-0.25, -0.2) is 0 Å². The first kappa shape index (κ1) is 16.0. The van der Waals surface area contributed by atoms with Gasteiger partial charge in [0.1, 0.15) is 4.90 Å². The molecule has 0 aliphatic rings. The lowest BCUT2D eigenvalue weighted by Crippen LogP contribution is -2.00. The Labute approximate surface area is 126 Å². The molecule has 2 aromatic rings. The van der Waals surface area contributed by atoms with Gasteiger partial charge in [-0.1, -0.05) is 44.4 Å². The first-order chi connectivity index (χ1) is 9.93. The van der Waals surface area contributed by atoms with E-state index in [1.54, 1.807) is 6.07 Å². The molecule has 21 heavy (non-hydrogen) atoms. The van der Waals surface area contributed by atoms with Crippen molar-refractivity contribution in [3.8, 4) is 0 Å². The summed E-state index contributed by atoms with van der Waals surface area (Å²) in [5.41, 5.74) is 2.13. The van der Waals surface area contributed by atoms with E-state index in [0.29, 0.717) is 5.39 Å². The average Bonchev–Trinajstić information content (AvgIpc) is 2.42. The summed E-state index contributed by atoms with van der Waals surface area (Å²) in [6.45, 7) is 4.12. The molecule has 3 nitrogen and oxygen atoms in total. The van der Waals surface area contributed by atoms with Gasteiger partial charge >= 0.3 is 0 Å². The van der Waals surface area contributed by atoms with E-state index in [-0.39, 0.29) is 4.90 Å². The number of aryl methyl sites for hydroxylation is 2.